The number of carbonyl (C=O) groups is 1. The van der Waals surface area contributed by atoms with Crippen molar-refractivity contribution in [1.29, 1.82) is 0 Å². The molecule has 0 spiro atoms. The smallest absolute Gasteiger partial charge is 0.388 e. The molecule has 0 saturated heterocycles. The van der Waals surface area contributed by atoms with Crippen LogP contribution in [-0.4, -0.2) is 28.8 Å². The Morgan fingerprint density at radius 1 is 1.33 bits per heavy atom. The normalized spacial score (nSPS) is 16.8. The number of aryl methyl sites for hydroxylation is 1. The fraction of sp³-hybridized carbons (Fsp3) is 0.412. The molecule has 1 aromatic carbocycles. The van der Waals surface area contributed by atoms with Crippen molar-refractivity contribution in [2.45, 2.75) is 26.4 Å². The first-order valence-electron chi connectivity index (χ1n) is 7.78. The molecule has 0 fully saturated rings. The Morgan fingerprint density at radius 2 is 2.04 bits per heavy atom. The minimum Gasteiger partial charge on any atom is -0.417 e. The molecule has 0 aliphatic carbocycles. The van der Waals surface area contributed by atoms with Crippen LogP contribution in [0.5, 0.6) is 5.88 Å². The maximum atomic E-state index is 12.8. The van der Waals surface area contributed by atoms with Gasteiger partial charge in [0.2, 0.25) is 5.88 Å². The third-order valence-electron chi connectivity index (χ3n) is 4.32. The van der Waals surface area contributed by atoms with Gasteiger partial charge in [-0.2, -0.15) is 13.9 Å². The molecule has 1 atom stereocenters. The summed E-state index contributed by atoms with van der Waals surface area (Å²) < 4.78 is 30.3. The molecule has 0 N–H and O–H groups in total. The second-order valence-corrected chi connectivity index (χ2v) is 6.20. The summed E-state index contributed by atoms with van der Waals surface area (Å²) in [6.07, 6.45) is 0. The number of benzene rings is 1. The minimum atomic E-state index is -2.96. The van der Waals surface area contributed by atoms with Crippen molar-refractivity contribution in [3.05, 3.63) is 41.6 Å². The number of hydrogen-bond acceptors (Lipinski definition) is 3. The lowest BCUT2D eigenvalue weighted by Crippen LogP contribution is -2.31. The monoisotopic (exact) mass is 335 g/mol. The van der Waals surface area contributed by atoms with E-state index in [0.717, 1.165) is 15.9 Å². The summed E-state index contributed by atoms with van der Waals surface area (Å²) in [5.41, 5.74) is 2.07. The van der Waals surface area contributed by atoms with E-state index in [2.05, 4.69) is 23.7 Å². The van der Waals surface area contributed by atoms with Gasteiger partial charge in [0.1, 0.15) is 0 Å². The third kappa shape index (κ3) is 2.86. The van der Waals surface area contributed by atoms with Gasteiger partial charge in [-0.1, -0.05) is 32.0 Å². The Morgan fingerprint density at radius 3 is 2.71 bits per heavy atom. The van der Waals surface area contributed by atoms with Gasteiger partial charge in [0.25, 0.3) is 5.91 Å². The van der Waals surface area contributed by atoms with Crippen molar-refractivity contribution < 1.29 is 18.3 Å². The molecule has 1 amide bonds. The Hall–Kier alpha value is -2.44. The fourth-order valence-corrected chi connectivity index (χ4v) is 3.10. The third-order valence-corrected chi connectivity index (χ3v) is 4.32. The summed E-state index contributed by atoms with van der Waals surface area (Å²) in [6.45, 7) is 1.83. The minimum absolute atomic E-state index is 0.0901. The van der Waals surface area contributed by atoms with Gasteiger partial charge in [-0.25, -0.2) is 4.68 Å². The standard InChI is InChI=1S/C17H19F2N3O2/c1-10(2)12-9-22(14-7-5-4-6-11(12)14)16(23)13-8-15(21(3)20-13)24-17(18)19/h4-8,10,12,17H,9H2,1-3H3/t12-/m0/s1. The van der Waals surface area contributed by atoms with E-state index >= 15 is 0 Å². The quantitative estimate of drug-likeness (QED) is 0.860. The zero-order valence-corrected chi connectivity index (χ0v) is 13.7. The second kappa shape index (κ2) is 6.22. The summed E-state index contributed by atoms with van der Waals surface area (Å²) >= 11 is 0. The van der Waals surface area contributed by atoms with Crippen LogP contribution in [0.15, 0.2) is 30.3 Å². The molecule has 0 unspecified atom stereocenters. The second-order valence-electron chi connectivity index (χ2n) is 6.20. The molecule has 7 heteroatoms. The predicted octanol–water partition coefficient (Wildman–Crippen LogP) is 3.42. The van der Waals surface area contributed by atoms with Crippen LogP contribution < -0.4 is 9.64 Å². The van der Waals surface area contributed by atoms with E-state index < -0.39 is 6.61 Å². The first-order chi connectivity index (χ1) is 11.4. The number of hydrogen-bond donors (Lipinski definition) is 0. The van der Waals surface area contributed by atoms with Crippen molar-refractivity contribution in [3.8, 4) is 5.88 Å². The molecule has 24 heavy (non-hydrogen) atoms. The summed E-state index contributed by atoms with van der Waals surface area (Å²) in [7, 11) is 1.46. The number of fused-ring (bicyclic) bond motifs is 1. The number of rotatable bonds is 4. The number of carbonyl (C=O) groups excluding carboxylic acids is 1. The van der Waals surface area contributed by atoms with Gasteiger partial charge in [0, 0.05) is 31.3 Å². The molecule has 0 radical (unpaired) electrons. The van der Waals surface area contributed by atoms with Crippen molar-refractivity contribution in [2.75, 3.05) is 11.4 Å². The predicted molar refractivity (Wildman–Crippen MR) is 85.5 cm³/mol. The van der Waals surface area contributed by atoms with Gasteiger partial charge in [-0.3, -0.25) is 4.79 Å². The van der Waals surface area contributed by atoms with Crippen LogP contribution in [-0.2, 0) is 7.05 Å². The Bertz CT molecular complexity index is 758. The van der Waals surface area contributed by atoms with Gasteiger partial charge in [0.15, 0.2) is 5.69 Å². The van der Waals surface area contributed by atoms with E-state index in [9.17, 15) is 13.6 Å². The number of amides is 1. The number of halogens is 2. The highest BCUT2D eigenvalue weighted by Gasteiger charge is 2.35. The molecule has 2 aromatic rings. The van der Waals surface area contributed by atoms with Crippen LogP contribution in [0.25, 0.3) is 0 Å². The molecule has 128 valence electrons. The van der Waals surface area contributed by atoms with Gasteiger partial charge in [0.05, 0.1) is 0 Å². The van der Waals surface area contributed by atoms with Crippen LogP contribution in [0.2, 0.25) is 0 Å². The highest BCUT2D eigenvalue weighted by Crippen LogP contribution is 2.40. The number of anilines is 1. The maximum absolute atomic E-state index is 12.8. The van der Waals surface area contributed by atoms with Crippen molar-refractivity contribution in [2.24, 2.45) is 13.0 Å². The van der Waals surface area contributed by atoms with E-state index in [1.807, 2.05) is 24.3 Å². The average molecular weight is 335 g/mol. The lowest BCUT2D eigenvalue weighted by Gasteiger charge is -2.18. The molecule has 0 bridgehead atoms. The number of nitrogens with zero attached hydrogens (tertiary/aromatic N) is 3. The maximum Gasteiger partial charge on any atom is 0.388 e. The Kier molecular flexibility index (Phi) is 4.26. The summed E-state index contributed by atoms with van der Waals surface area (Å²) in [6, 6.07) is 9.01. The van der Waals surface area contributed by atoms with E-state index in [1.165, 1.54) is 13.1 Å². The van der Waals surface area contributed by atoms with E-state index in [0.29, 0.717) is 12.5 Å². The van der Waals surface area contributed by atoms with E-state index in [1.54, 1.807) is 4.90 Å². The highest BCUT2D eigenvalue weighted by atomic mass is 19.3. The van der Waals surface area contributed by atoms with Gasteiger partial charge in [-0.05, 0) is 17.5 Å². The molecule has 1 aliphatic rings. The number of para-hydroxylation sites is 1. The van der Waals surface area contributed by atoms with Crippen LogP contribution in [0.3, 0.4) is 0 Å². The molecule has 3 rings (SSSR count). The van der Waals surface area contributed by atoms with Crippen molar-refractivity contribution in [1.82, 2.24) is 9.78 Å². The van der Waals surface area contributed by atoms with Gasteiger partial charge < -0.3 is 9.64 Å². The summed E-state index contributed by atoms with van der Waals surface area (Å²) in [5, 5.41) is 4.02. The Labute approximate surface area is 138 Å². The van der Waals surface area contributed by atoms with Gasteiger partial charge >= 0.3 is 6.61 Å². The zero-order chi connectivity index (χ0) is 17.4. The summed E-state index contributed by atoms with van der Waals surface area (Å²) in [4.78, 5) is 14.5. The summed E-state index contributed by atoms with van der Waals surface area (Å²) in [5.74, 6) is 0.169. The molecule has 2 heterocycles. The first-order valence-corrected chi connectivity index (χ1v) is 7.78. The highest BCUT2D eigenvalue weighted by molar-refractivity contribution is 6.06. The van der Waals surface area contributed by atoms with E-state index in [-0.39, 0.29) is 23.4 Å². The lowest BCUT2D eigenvalue weighted by atomic mass is 9.90. The van der Waals surface area contributed by atoms with Gasteiger partial charge in [-0.15, -0.1) is 0 Å². The molecule has 0 saturated carbocycles. The van der Waals surface area contributed by atoms with Crippen LogP contribution in [0.4, 0.5) is 14.5 Å². The lowest BCUT2D eigenvalue weighted by molar-refractivity contribution is -0.0553. The molecule has 5 nitrogen and oxygen atoms in total. The number of alkyl halides is 2. The fourth-order valence-electron chi connectivity index (χ4n) is 3.10. The largest absolute Gasteiger partial charge is 0.417 e. The molecule has 1 aliphatic heterocycles. The number of ether oxygens (including phenoxy) is 1. The molecular weight excluding hydrogens is 316 g/mol. The molecular formula is C17H19F2N3O2. The van der Waals surface area contributed by atoms with Crippen LogP contribution >= 0.6 is 0 Å². The van der Waals surface area contributed by atoms with E-state index in [4.69, 9.17) is 0 Å². The topological polar surface area (TPSA) is 47.4 Å². The molecule has 1 aromatic heterocycles. The SMILES string of the molecule is CC(C)[C@@H]1CN(C(=O)c2cc(OC(F)F)n(C)n2)c2ccccc21. The first kappa shape index (κ1) is 16.4. The van der Waals surface area contributed by atoms with Crippen LogP contribution in [0, 0.1) is 5.92 Å². The van der Waals surface area contributed by atoms with Crippen molar-refractivity contribution >= 4 is 11.6 Å². The zero-order valence-electron chi connectivity index (χ0n) is 13.7. The Balaban J connectivity index is 1.91. The number of aromatic nitrogens is 2. The van der Waals surface area contributed by atoms with Crippen LogP contribution in [0.1, 0.15) is 35.8 Å². The van der Waals surface area contributed by atoms with Crippen molar-refractivity contribution in [3.63, 3.8) is 0 Å². The average Bonchev–Trinajstić information content (AvgIpc) is 3.08.